The fourth-order valence-electron chi connectivity index (χ4n) is 1.81. The number of terminal acetylenes is 1. The fourth-order valence-corrected chi connectivity index (χ4v) is 2.11. The Balaban J connectivity index is 3.16. The number of methoxy groups -OCH3 is 2. The van der Waals surface area contributed by atoms with E-state index in [-0.39, 0.29) is 6.04 Å². The molecule has 18 heavy (non-hydrogen) atoms. The molecule has 1 N–H and O–H groups in total. The maximum atomic E-state index is 6.17. The molecule has 1 rings (SSSR count). The predicted molar refractivity (Wildman–Crippen MR) is 74.4 cm³/mol. The van der Waals surface area contributed by atoms with Crippen molar-refractivity contribution in [1.82, 2.24) is 5.32 Å². The quantitative estimate of drug-likeness (QED) is 0.804. The summed E-state index contributed by atoms with van der Waals surface area (Å²) in [5.41, 5.74) is 0.998. The molecule has 0 heterocycles. The average molecular weight is 268 g/mol. The lowest BCUT2D eigenvalue weighted by Crippen LogP contribution is -2.20. The van der Waals surface area contributed by atoms with Crippen LogP contribution in [0, 0.1) is 12.3 Å². The summed E-state index contributed by atoms with van der Waals surface area (Å²) in [6, 6.07) is 3.82. The normalized spacial score (nSPS) is 11.7. The SMILES string of the molecule is C#CCC(NCC)c1cc(Cl)c(OC)c(OC)c1. The number of benzene rings is 1. The first-order chi connectivity index (χ1) is 8.67. The lowest BCUT2D eigenvalue weighted by Gasteiger charge is -2.18. The van der Waals surface area contributed by atoms with Gasteiger partial charge in [-0.1, -0.05) is 18.5 Å². The standard InChI is InChI=1S/C14H18ClNO2/c1-5-7-12(16-6-2)10-8-11(15)14(18-4)13(9-10)17-3/h1,8-9,12,16H,6-7H2,2-4H3. The lowest BCUT2D eigenvalue weighted by molar-refractivity contribution is 0.354. The summed E-state index contributed by atoms with van der Waals surface area (Å²) in [5, 5.41) is 3.84. The van der Waals surface area contributed by atoms with Crippen LogP contribution in [0.5, 0.6) is 11.5 Å². The van der Waals surface area contributed by atoms with Gasteiger partial charge in [0.05, 0.1) is 19.2 Å². The first kappa shape index (κ1) is 14.7. The van der Waals surface area contributed by atoms with Gasteiger partial charge in [0.1, 0.15) is 0 Å². The van der Waals surface area contributed by atoms with Gasteiger partial charge >= 0.3 is 0 Å². The molecule has 0 saturated carbocycles. The van der Waals surface area contributed by atoms with Gasteiger partial charge in [0.15, 0.2) is 11.5 Å². The molecule has 0 radical (unpaired) electrons. The molecule has 3 nitrogen and oxygen atoms in total. The zero-order chi connectivity index (χ0) is 13.5. The van der Waals surface area contributed by atoms with Crippen LogP contribution in [-0.2, 0) is 0 Å². The Kier molecular flexibility index (Phi) is 5.84. The van der Waals surface area contributed by atoms with E-state index in [9.17, 15) is 0 Å². The van der Waals surface area contributed by atoms with Crippen LogP contribution in [0.3, 0.4) is 0 Å². The van der Waals surface area contributed by atoms with Gasteiger partial charge in [-0.05, 0) is 24.2 Å². The highest BCUT2D eigenvalue weighted by Gasteiger charge is 2.16. The average Bonchev–Trinajstić information content (AvgIpc) is 2.37. The molecule has 0 fully saturated rings. The number of ether oxygens (including phenoxy) is 2. The smallest absolute Gasteiger partial charge is 0.179 e. The van der Waals surface area contributed by atoms with Crippen LogP contribution in [0.2, 0.25) is 5.02 Å². The molecular weight excluding hydrogens is 250 g/mol. The van der Waals surface area contributed by atoms with Gasteiger partial charge in [-0.15, -0.1) is 12.3 Å². The second kappa shape index (κ2) is 7.15. The first-order valence-corrected chi connectivity index (χ1v) is 6.13. The van der Waals surface area contributed by atoms with Crippen molar-refractivity contribution in [3.63, 3.8) is 0 Å². The molecule has 1 atom stereocenters. The monoisotopic (exact) mass is 267 g/mol. The van der Waals surface area contributed by atoms with Gasteiger partial charge in [-0.25, -0.2) is 0 Å². The molecule has 0 aliphatic heterocycles. The van der Waals surface area contributed by atoms with Crippen molar-refractivity contribution in [2.75, 3.05) is 20.8 Å². The van der Waals surface area contributed by atoms with Crippen molar-refractivity contribution < 1.29 is 9.47 Å². The summed E-state index contributed by atoms with van der Waals surface area (Å²) in [5.74, 6) is 3.81. The number of halogens is 1. The minimum absolute atomic E-state index is 0.0670. The van der Waals surface area contributed by atoms with E-state index in [1.165, 1.54) is 0 Å². The number of rotatable bonds is 6. The van der Waals surface area contributed by atoms with Crippen molar-refractivity contribution in [1.29, 1.82) is 0 Å². The van der Waals surface area contributed by atoms with Crippen molar-refractivity contribution in [2.24, 2.45) is 0 Å². The van der Waals surface area contributed by atoms with E-state index in [2.05, 4.69) is 11.2 Å². The minimum atomic E-state index is 0.0670. The molecule has 0 aliphatic rings. The Morgan fingerprint density at radius 3 is 2.61 bits per heavy atom. The maximum absolute atomic E-state index is 6.17. The van der Waals surface area contributed by atoms with Crippen LogP contribution in [0.15, 0.2) is 12.1 Å². The summed E-state index contributed by atoms with van der Waals surface area (Å²) in [6.07, 6.45) is 5.98. The van der Waals surface area contributed by atoms with E-state index in [1.54, 1.807) is 14.2 Å². The van der Waals surface area contributed by atoms with Gasteiger partial charge < -0.3 is 14.8 Å². The van der Waals surface area contributed by atoms with Crippen LogP contribution in [0.4, 0.5) is 0 Å². The number of nitrogens with one attached hydrogen (secondary N) is 1. The predicted octanol–water partition coefficient (Wildman–Crippen LogP) is 3.03. The molecule has 0 saturated heterocycles. The van der Waals surface area contributed by atoms with Crippen molar-refractivity contribution in [3.05, 3.63) is 22.7 Å². The van der Waals surface area contributed by atoms with Gasteiger partial charge in [-0.2, -0.15) is 0 Å². The third-order valence-electron chi connectivity index (χ3n) is 2.63. The zero-order valence-electron chi connectivity index (χ0n) is 10.9. The Bertz CT molecular complexity index is 440. The lowest BCUT2D eigenvalue weighted by atomic mass is 10.0. The van der Waals surface area contributed by atoms with Gasteiger partial charge in [0.25, 0.3) is 0 Å². The van der Waals surface area contributed by atoms with Crippen LogP contribution in [0.25, 0.3) is 0 Å². The van der Waals surface area contributed by atoms with E-state index in [0.717, 1.165) is 12.1 Å². The Morgan fingerprint density at radius 2 is 2.11 bits per heavy atom. The molecule has 0 aromatic heterocycles. The van der Waals surface area contributed by atoms with Crippen molar-refractivity contribution in [3.8, 4) is 23.8 Å². The van der Waals surface area contributed by atoms with Gasteiger partial charge in [0, 0.05) is 12.5 Å². The Hall–Kier alpha value is -1.37. The molecule has 98 valence electrons. The van der Waals surface area contributed by atoms with E-state index in [4.69, 9.17) is 27.5 Å². The summed E-state index contributed by atoms with van der Waals surface area (Å²) in [4.78, 5) is 0. The summed E-state index contributed by atoms with van der Waals surface area (Å²) < 4.78 is 10.5. The van der Waals surface area contributed by atoms with Crippen LogP contribution >= 0.6 is 11.6 Å². The largest absolute Gasteiger partial charge is 0.493 e. The Morgan fingerprint density at radius 1 is 1.39 bits per heavy atom. The van der Waals surface area contributed by atoms with Crippen LogP contribution in [0.1, 0.15) is 24.9 Å². The van der Waals surface area contributed by atoms with Crippen molar-refractivity contribution >= 4 is 11.6 Å². The fraction of sp³-hybridized carbons (Fsp3) is 0.429. The number of hydrogen-bond acceptors (Lipinski definition) is 3. The van der Waals surface area contributed by atoms with Gasteiger partial charge in [0.2, 0.25) is 0 Å². The molecule has 0 bridgehead atoms. The molecule has 4 heteroatoms. The molecule has 1 aromatic rings. The summed E-state index contributed by atoms with van der Waals surface area (Å²) in [6.45, 7) is 2.87. The van der Waals surface area contributed by atoms with E-state index in [0.29, 0.717) is 22.9 Å². The van der Waals surface area contributed by atoms with E-state index >= 15 is 0 Å². The second-order valence-electron chi connectivity index (χ2n) is 3.76. The van der Waals surface area contributed by atoms with Crippen LogP contribution in [-0.4, -0.2) is 20.8 Å². The van der Waals surface area contributed by atoms with Crippen molar-refractivity contribution in [2.45, 2.75) is 19.4 Å². The van der Waals surface area contributed by atoms with Crippen LogP contribution < -0.4 is 14.8 Å². The third kappa shape index (κ3) is 3.32. The molecule has 0 amide bonds. The minimum Gasteiger partial charge on any atom is -0.493 e. The zero-order valence-corrected chi connectivity index (χ0v) is 11.7. The van der Waals surface area contributed by atoms with E-state index in [1.807, 2.05) is 19.1 Å². The highest BCUT2D eigenvalue weighted by atomic mass is 35.5. The molecule has 1 aromatic carbocycles. The first-order valence-electron chi connectivity index (χ1n) is 5.76. The Labute approximate surface area is 113 Å². The highest BCUT2D eigenvalue weighted by molar-refractivity contribution is 6.32. The highest BCUT2D eigenvalue weighted by Crippen LogP contribution is 2.38. The molecular formula is C14H18ClNO2. The molecule has 0 aliphatic carbocycles. The topological polar surface area (TPSA) is 30.5 Å². The van der Waals surface area contributed by atoms with Gasteiger partial charge in [-0.3, -0.25) is 0 Å². The molecule has 0 spiro atoms. The second-order valence-corrected chi connectivity index (χ2v) is 4.16. The third-order valence-corrected chi connectivity index (χ3v) is 2.91. The van der Waals surface area contributed by atoms with E-state index < -0.39 is 0 Å². The summed E-state index contributed by atoms with van der Waals surface area (Å²) in [7, 11) is 3.15. The number of hydrogen-bond donors (Lipinski definition) is 1. The molecule has 1 unspecified atom stereocenters. The summed E-state index contributed by atoms with van der Waals surface area (Å²) >= 11 is 6.17. The maximum Gasteiger partial charge on any atom is 0.179 e.